The Morgan fingerprint density at radius 2 is 1.68 bits per heavy atom. The van der Waals surface area contributed by atoms with Crippen molar-refractivity contribution < 1.29 is 13.9 Å². The molecule has 0 aliphatic rings. The zero-order chi connectivity index (χ0) is 14.2. The Balaban J connectivity index is 2.52. The van der Waals surface area contributed by atoms with Crippen molar-refractivity contribution in [2.75, 3.05) is 0 Å². The second kappa shape index (κ2) is 5.27. The minimum absolute atomic E-state index is 0.286. The van der Waals surface area contributed by atoms with Crippen LogP contribution in [0.25, 0.3) is 0 Å². The van der Waals surface area contributed by atoms with Crippen LogP contribution in [0, 0.1) is 25.5 Å². The third-order valence-corrected chi connectivity index (χ3v) is 3.51. The van der Waals surface area contributed by atoms with Crippen molar-refractivity contribution in [3.05, 3.63) is 69.2 Å². The minimum Gasteiger partial charge on any atom is -0.383 e. The Labute approximate surface area is 115 Å². The van der Waals surface area contributed by atoms with Crippen molar-refractivity contribution in [2.45, 2.75) is 20.0 Å². The van der Waals surface area contributed by atoms with Crippen molar-refractivity contribution in [3.8, 4) is 0 Å². The molecule has 0 aliphatic carbocycles. The van der Waals surface area contributed by atoms with Gasteiger partial charge in [0, 0.05) is 5.02 Å². The maximum Gasteiger partial charge on any atom is 0.135 e. The molecule has 1 nitrogen and oxygen atoms in total. The van der Waals surface area contributed by atoms with Gasteiger partial charge in [0.15, 0.2) is 0 Å². The molecule has 100 valence electrons. The predicted molar refractivity (Wildman–Crippen MR) is 71.3 cm³/mol. The van der Waals surface area contributed by atoms with E-state index in [4.69, 9.17) is 11.6 Å². The molecule has 1 unspecified atom stereocenters. The highest BCUT2D eigenvalue weighted by molar-refractivity contribution is 6.31. The molecule has 1 atom stereocenters. The second-order valence-corrected chi connectivity index (χ2v) is 4.91. The standard InChI is InChI=1S/C15H13ClF2O/c1-8-3-5-10(7-11(8)16)15(19)13-12(17)6-4-9(2)14(13)18/h3-7,15,19H,1-2H3. The first-order valence-electron chi connectivity index (χ1n) is 5.80. The third-order valence-electron chi connectivity index (χ3n) is 3.10. The molecule has 0 amide bonds. The number of aliphatic hydroxyl groups excluding tert-OH is 1. The van der Waals surface area contributed by atoms with E-state index < -0.39 is 17.7 Å². The van der Waals surface area contributed by atoms with E-state index in [0.29, 0.717) is 10.6 Å². The summed E-state index contributed by atoms with van der Waals surface area (Å²) in [5.41, 5.74) is 1.13. The van der Waals surface area contributed by atoms with Crippen LogP contribution >= 0.6 is 11.6 Å². The van der Waals surface area contributed by atoms with Crippen molar-refractivity contribution in [3.63, 3.8) is 0 Å². The Hall–Kier alpha value is -1.45. The summed E-state index contributed by atoms with van der Waals surface area (Å²) in [6.07, 6.45) is -1.38. The average Bonchev–Trinajstić information content (AvgIpc) is 2.37. The fourth-order valence-electron chi connectivity index (χ4n) is 1.87. The van der Waals surface area contributed by atoms with Crippen LogP contribution in [0.1, 0.15) is 28.4 Å². The fourth-order valence-corrected chi connectivity index (χ4v) is 2.06. The van der Waals surface area contributed by atoms with Crippen LogP contribution < -0.4 is 0 Å². The normalized spacial score (nSPS) is 12.5. The quantitative estimate of drug-likeness (QED) is 0.870. The van der Waals surface area contributed by atoms with E-state index in [-0.39, 0.29) is 11.1 Å². The smallest absolute Gasteiger partial charge is 0.135 e. The van der Waals surface area contributed by atoms with E-state index in [0.717, 1.165) is 11.6 Å². The Kier molecular flexibility index (Phi) is 3.88. The van der Waals surface area contributed by atoms with Gasteiger partial charge in [-0.15, -0.1) is 0 Å². The maximum absolute atomic E-state index is 13.9. The number of hydrogen-bond donors (Lipinski definition) is 1. The molecular weight excluding hydrogens is 270 g/mol. The molecule has 2 aromatic carbocycles. The number of hydrogen-bond acceptors (Lipinski definition) is 1. The third kappa shape index (κ3) is 2.62. The van der Waals surface area contributed by atoms with Crippen LogP contribution in [0.15, 0.2) is 30.3 Å². The number of rotatable bonds is 2. The van der Waals surface area contributed by atoms with Gasteiger partial charge < -0.3 is 5.11 Å². The molecule has 0 fully saturated rings. The SMILES string of the molecule is Cc1ccc(C(O)c2c(F)ccc(C)c2F)cc1Cl. The predicted octanol–water partition coefficient (Wildman–Crippen LogP) is 4.32. The molecule has 0 bridgehead atoms. The van der Waals surface area contributed by atoms with E-state index in [2.05, 4.69) is 0 Å². The summed E-state index contributed by atoms with van der Waals surface area (Å²) in [7, 11) is 0. The molecular formula is C15H13ClF2O. The van der Waals surface area contributed by atoms with Crippen molar-refractivity contribution in [1.82, 2.24) is 0 Å². The van der Waals surface area contributed by atoms with Gasteiger partial charge in [-0.3, -0.25) is 0 Å². The summed E-state index contributed by atoms with van der Waals surface area (Å²) < 4.78 is 27.7. The summed E-state index contributed by atoms with van der Waals surface area (Å²) in [5, 5.41) is 10.6. The Morgan fingerprint density at radius 3 is 2.32 bits per heavy atom. The lowest BCUT2D eigenvalue weighted by atomic mass is 9.98. The molecule has 1 N–H and O–H groups in total. The molecule has 19 heavy (non-hydrogen) atoms. The van der Waals surface area contributed by atoms with Crippen molar-refractivity contribution in [1.29, 1.82) is 0 Å². The van der Waals surface area contributed by atoms with E-state index in [1.54, 1.807) is 12.1 Å². The largest absolute Gasteiger partial charge is 0.383 e. The van der Waals surface area contributed by atoms with Gasteiger partial charge in [-0.05, 0) is 42.7 Å². The number of aliphatic hydroxyl groups is 1. The first-order valence-corrected chi connectivity index (χ1v) is 6.18. The molecule has 0 saturated heterocycles. The molecule has 0 heterocycles. The van der Waals surface area contributed by atoms with Gasteiger partial charge in [-0.2, -0.15) is 0 Å². The molecule has 0 aromatic heterocycles. The van der Waals surface area contributed by atoms with Gasteiger partial charge in [0.2, 0.25) is 0 Å². The number of halogens is 3. The van der Waals surface area contributed by atoms with Crippen LogP contribution in [0.3, 0.4) is 0 Å². The number of aryl methyl sites for hydroxylation is 2. The first kappa shape index (κ1) is 14.0. The highest BCUT2D eigenvalue weighted by Crippen LogP contribution is 2.30. The van der Waals surface area contributed by atoms with Crippen molar-refractivity contribution in [2.24, 2.45) is 0 Å². The van der Waals surface area contributed by atoms with Gasteiger partial charge in [0.25, 0.3) is 0 Å². The minimum atomic E-state index is -1.38. The monoisotopic (exact) mass is 282 g/mol. The molecule has 0 aliphatic heterocycles. The first-order chi connectivity index (χ1) is 8.91. The lowest BCUT2D eigenvalue weighted by molar-refractivity contribution is 0.209. The van der Waals surface area contributed by atoms with Crippen LogP contribution in [0.4, 0.5) is 8.78 Å². The van der Waals surface area contributed by atoms with E-state index in [1.807, 2.05) is 6.92 Å². The zero-order valence-corrected chi connectivity index (χ0v) is 11.3. The average molecular weight is 283 g/mol. The summed E-state index contributed by atoms with van der Waals surface area (Å²) >= 11 is 5.96. The van der Waals surface area contributed by atoms with Crippen LogP contribution in [0.5, 0.6) is 0 Å². The van der Waals surface area contributed by atoms with Gasteiger partial charge in [0.1, 0.15) is 17.7 Å². The molecule has 2 aromatic rings. The van der Waals surface area contributed by atoms with E-state index >= 15 is 0 Å². The van der Waals surface area contributed by atoms with Crippen LogP contribution in [-0.4, -0.2) is 5.11 Å². The topological polar surface area (TPSA) is 20.2 Å². The molecule has 4 heteroatoms. The summed E-state index contributed by atoms with van der Waals surface area (Å²) in [6, 6.07) is 7.30. The fraction of sp³-hybridized carbons (Fsp3) is 0.200. The zero-order valence-electron chi connectivity index (χ0n) is 10.5. The van der Waals surface area contributed by atoms with Gasteiger partial charge in [0.05, 0.1) is 5.56 Å². The Morgan fingerprint density at radius 1 is 1.05 bits per heavy atom. The van der Waals surface area contributed by atoms with Crippen molar-refractivity contribution >= 4 is 11.6 Å². The summed E-state index contributed by atoms with van der Waals surface area (Å²) in [6.45, 7) is 3.33. The Bertz CT molecular complexity index is 626. The summed E-state index contributed by atoms with van der Waals surface area (Å²) in [5.74, 6) is -1.50. The molecule has 0 radical (unpaired) electrons. The maximum atomic E-state index is 13.9. The number of benzene rings is 2. The second-order valence-electron chi connectivity index (χ2n) is 4.50. The molecule has 0 saturated carbocycles. The highest BCUT2D eigenvalue weighted by Gasteiger charge is 2.21. The molecule has 0 spiro atoms. The van der Waals surface area contributed by atoms with Gasteiger partial charge in [-0.25, -0.2) is 8.78 Å². The molecule has 2 rings (SSSR count). The summed E-state index contributed by atoms with van der Waals surface area (Å²) in [4.78, 5) is 0. The van der Waals surface area contributed by atoms with Crippen LogP contribution in [-0.2, 0) is 0 Å². The lowest BCUT2D eigenvalue weighted by Gasteiger charge is -2.15. The van der Waals surface area contributed by atoms with Gasteiger partial charge >= 0.3 is 0 Å². The lowest BCUT2D eigenvalue weighted by Crippen LogP contribution is -2.07. The van der Waals surface area contributed by atoms with Gasteiger partial charge in [-0.1, -0.05) is 29.8 Å². The van der Waals surface area contributed by atoms with Crippen LogP contribution in [0.2, 0.25) is 5.02 Å². The van der Waals surface area contributed by atoms with E-state index in [1.165, 1.54) is 19.1 Å². The highest BCUT2D eigenvalue weighted by atomic mass is 35.5. The van der Waals surface area contributed by atoms with E-state index in [9.17, 15) is 13.9 Å².